The minimum Gasteiger partial charge on any atom is -0.371 e. The number of nitrogens with zero attached hydrogens (tertiary/aromatic N) is 2. The second-order valence-electron chi connectivity index (χ2n) is 5.29. The van der Waals surface area contributed by atoms with Crippen molar-refractivity contribution in [2.45, 2.75) is 39.0 Å². The molecule has 0 aromatic carbocycles. The molecule has 1 aliphatic heterocycles. The van der Waals surface area contributed by atoms with Gasteiger partial charge in [-0.2, -0.15) is 0 Å². The van der Waals surface area contributed by atoms with E-state index in [0.717, 1.165) is 18.7 Å². The average molecular weight is 253 g/mol. The quantitative estimate of drug-likeness (QED) is 0.760. The van der Waals surface area contributed by atoms with Crippen LogP contribution in [0.25, 0.3) is 0 Å². The van der Waals surface area contributed by atoms with Gasteiger partial charge in [0.15, 0.2) is 0 Å². The Labute approximate surface area is 109 Å². The first kappa shape index (κ1) is 12.7. The summed E-state index contributed by atoms with van der Waals surface area (Å²) in [5, 5.41) is 0. The SMILES string of the molecule is CCC1(C)CCN(c2ccncc2CCl)CC1. The van der Waals surface area contributed by atoms with Crippen LogP contribution in [-0.4, -0.2) is 18.1 Å². The van der Waals surface area contributed by atoms with Crippen LogP contribution in [-0.2, 0) is 5.88 Å². The largest absolute Gasteiger partial charge is 0.371 e. The van der Waals surface area contributed by atoms with Crippen LogP contribution in [0.3, 0.4) is 0 Å². The molecule has 0 spiro atoms. The van der Waals surface area contributed by atoms with Crippen molar-refractivity contribution in [3.8, 4) is 0 Å². The Kier molecular flexibility index (Phi) is 3.93. The van der Waals surface area contributed by atoms with Gasteiger partial charge in [0, 0.05) is 36.7 Å². The molecule has 3 heteroatoms. The first-order valence-corrected chi connectivity index (χ1v) is 6.96. The van der Waals surface area contributed by atoms with E-state index in [0.29, 0.717) is 11.3 Å². The predicted molar refractivity (Wildman–Crippen MR) is 73.6 cm³/mol. The highest BCUT2D eigenvalue weighted by molar-refractivity contribution is 6.17. The molecule has 2 nitrogen and oxygen atoms in total. The normalized spacial score (nSPS) is 19.4. The molecule has 2 rings (SSSR count). The van der Waals surface area contributed by atoms with Crippen LogP contribution >= 0.6 is 11.6 Å². The summed E-state index contributed by atoms with van der Waals surface area (Å²) in [5.74, 6) is 0.546. The van der Waals surface area contributed by atoms with Gasteiger partial charge in [0.2, 0.25) is 0 Å². The van der Waals surface area contributed by atoms with Gasteiger partial charge in [-0.1, -0.05) is 20.3 Å². The predicted octanol–water partition coefficient (Wildman–Crippen LogP) is 3.84. The molecule has 0 atom stereocenters. The number of hydrogen-bond donors (Lipinski definition) is 0. The van der Waals surface area contributed by atoms with Crippen LogP contribution < -0.4 is 4.90 Å². The molecule has 0 amide bonds. The Morgan fingerprint density at radius 3 is 2.71 bits per heavy atom. The highest BCUT2D eigenvalue weighted by Gasteiger charge is 2.28. The third kappa shape index (κ3) is 2.74. The lowest BCUT2D eigenvalue weighted by Crippen LogP contribution is -2.38. The van der Waals surface area contributed by atoms with E-state index in [1.165, 1.54) is 24.9 Å². The monoisotopic (exact) mass is 252 g/mol. The lowest BCUT2D eigenvalue weighted by Gasteiger charge is -2.40. The molecule has 1 fully saturated rings. The maximum absolute atomic E-state index is 5.97. The van der Waals surface area contributed by atoms with Crippen molar-refractivity contribution in [1.29, 1.82) is 0 Å². The van der Waals surface area contributed by atoms with Gasteiger partial charge in [-0.05, 0) is 24.3 Å². The highest BCUT2D eigenvalue weighted by atomic mass is 35.5. The molecule has 0 radical (unpaired) electrons. The van der Waals surface area contributed by atoms with Gasteiger partial charge in [-0.3, -0.25) is 4.98 Å². The Morgan fingerprint density at radius 1 is 1.41 bits per heavy atom. The molecule has 1 saturated heterocycles. The molecule has 0 N–H and O–H groups in total. The van der Waals surface area contributed by atoms with Gasteiger partial charge >= 0.3 is 0 Å². The van der Waals surface area contributed by atoms with E-state index >= 15 is 0 Å². The van der Waals surface area contributed by atoms with Crippen LogP contribution in [0.1, 0.15) is 38.7 Å². The van der Waals surface area contributed by atoms with Crippen LogP contribution in [0.15, 0.2) is 18.5 Å². The third-order valence-electron chi connectivity index (χ3n) is 4.19. The summed E-state index contributed by atoms with van der Waals surface area (Å²) in [4.78, 5) is 6.60. The van der Waals surface area contributed by atoms with Gasteiger partial charge < -0.3 is 4.90 Å². The standard InChI is InChI=1S/C14H21ClN2/c1-3-14(2)5-8-17(9-6-14)13-4-7-16-11-12(13)10-15/h4,7,11H,3,5-6,8-10H2,1-2H3. The molecule has 0 bridgehead atoms. The zero-order valence-corrected chi connectivity index (χ0v) is 11.5. The van der Waals surface area contributed by atoms with E-state index in [2.05, 4.69) is 29.8 Å². The van der Waals surface area contributed by atoms with Gasteiger partial charge in [-0.25, -0.2) is 0 Å². The maximum Gasteiger partial charge on any atom is 0.0509 e. The summed E-state index contributed by atoms with van der Waals surface area (Å²) >= 11 is 5.97. The fraction of sp³-hybridized carbons (Fsp3) is 0.643. The number of rotatable bonds is 3. The molecule has 2 heterocycles. The molecule has 0 saturated carbocycles. The zero-order valence-electron chi connectivity index (χ0n) is 10.7. The topological polar surface area (TPSA) is 16.1 Å². The van der Waals surface area contributed by atoms with Crippen molar-refractivity contribution in [3.63, 3.8) is 0 Å². The lowest BCUT2D eigenvalue weighted by atomic mass is 9.78. The van der Waals surface area contributed by atoms with Crippen molar-refractivity contribution >= 4 is 17.3 Å². The van der Waals surface area contributed by atoms with Gasteiger partial charge in [0.05, 0.1) is 5.88 Å². The summed E-state index contributed by atoms with van der Waals surface area (Å²) in [6.45, 7) is 6.97. The van der Waals surface area contributed by atoms with Gasteiger partial charge in [-0.15, -0.1) is 11.6 Å². The summed E-state index contributed by atoms with van der Waals surface area (Å²) in [6, 6.07) is 2.09. The maximum atomic E-state index is 5.97. The molecule has 0 unspecified atom stereocenters. The summed E-state index contributed by atoms with van der Waals surface area (Å²) in [5.41, 5.74) is 2.95. The number of piperidine rings is 1. The minimum absolute atomic E-state index is 0.532. The van der Waals surface area contributed by atoms with Gasteiger partial charge in [0.25, 0.3) is 0 Å². The molecule has 17 heavy (non-hydrogen) atoms. The summed E-state index contributed by atoms with van der Waals surface area (Å²) in [6.07, 6.45) is 7.57. The number of halogens is 1. The minimum atomic E-state index is 0.532. The molecule has 94 valence electrons. The van der Waals surface area contributed by atoms with Crippen LogP contribution in [0.2, 0.25) is 0 Å². The third-order valence-corrected chi connectivity index (χ3v) is 4.47. The number of anilines is 1. The number of pyridine rings is 1. The highest BCUT2D eigenvalue weighted by Crippen LogP contribution is 2.36. The first-order valence-electron chi connectivity index (χ1n) is 6.42. The Balaban J connectivity index is 2.10. The second-order valence-corrected chi connectivity index (χ2v) is 5.56. The number of aromatic nitrogens is 1. The molecule has 0 aliphatic carbocycles. The van der Waals surface area contributed by atoms with Crippen molar-refractivity contribution in [3.05, 3.63) is 24.0 Å². The van der Waals surface area contributed by atoms with E-state index in [9.17, 15) is 0 Å². The fourth-order valence-electron chi connectivity index (χ4n) is 2.47. The van der Waals surface area contributed by atoms with E-state index in [1.807, 2.05) is 12.4 Å². The first-order chi connectivity index (χ1) is 8.18. The van der Waals surface area contributed by atoms with E-state index < -0.39 is 0 Å². The molecule has 1 aromatic heterocycles. The molecule has 1 aromatic rings. The Morgan fingerprint density at radius 2 is 2.12 bits per heavy atom. The zero-order chi connectivity index (χ0) is 12.3. The van der Waals surface area contributed by atoms with Crippen LogP contribution in [0, 0.1) is 5.41 Å². The van der Waals surface area contributed by atoms with Crippen molar-refractivity contribution in [1.82, 2.24) is 4.98 Å². The molecular weight excluding hydrogens is 232 g/mol. The van der Waals surface area contributed by atoms with Crippen molar-refractivity contribution in [2.24, 2.45) is 5.41 Å². The van der Waals surface area contributed by atoms with Crippen LogP contribution in [0.5, 0.6) is 0 Å². The van der Waals surface area contributed by atoms with Gasteiger partial charge in [0.1, 0.15) is 0 Å². The smallest absolute Gasteiger partial charge is 0.0509 e. The summed E-state index contributed by atoms with van der Waals surface area (Å²) < 4.78 is 0. The Hall–Kier alpha value is -0.760. The van der Waals surface area contributed by atoms with E-state index in [4.69, 9.17) is 11.6 Å². The van der Waals surface area contributed by atoms with E-state index in [-0.39, 0.29) is 0 Å². The lowest BCUT2D eigenvalue weighted by molar-refractivity contribution is 0.238. The molecule has 1 aliphatic rings. The van der Waals surface area contributed by atoms with Crippen molar-refractivity contribution in [2.75, 3.05) is 18.0 Å². The van der Waals surface area contributed by atoms with Crippen LogP contribution in [0.4, 0.5) is 5.69 Å². The van der Waals surface area contributed by atoms with Crippen molar-refractivity contribution < 1.29 is 0 Å². The Bertz CT molecular complexity index is 370. The summed E-state index contributed by atoms with van der Waals surface area (Å²) in [7, 11) is 0. The average Bonchev–Trinajstić information content (AvgIpc) is 2.40. The van der Waals surface area contributed by atoms with E-state index in [1.54, 1.807) is 0 Å². The molecular formula is C14H21ClN2. The fourth-order valence-corrected chi connectivity index (χ4v) is 2.68. The number of hydrogen-bond acceptors (Lipinski definition) is 2. The number of alkyl halides is 1. The second kappa shape index (κ2) is 5.26.